The van der Waals surface area contributed by atoms with Gasteiger partial charge in [0.15, 0.2) is 0 Å². The van der Waals surface area contributed by atoms with Crippen molar-refractivity contribution < 1.29 is 9.13 Å². The number of halogens is 2. The molecule has 3 heterocycles. The van der Waals surface area contributed by atoms with Crippen molar-refractivity contribution in [3.8, 4) is 17.0 Å². The molecule has 0 bridgehead atoms. The minimum absolute atomic E-state index is 0.250. The summed E-state index contributed by atoms with van der Waals surface area (Å²) in [6.07, 6.45) is 4.02. The molecule has 1 aliphatic carbocycles. The summed E-state index contributed by atoms with van der Waals surface area (Å²) in [6, 6.07) is 11.7. The van der Waals surface area contributed by atoms with E-state index < -0.39 is 0 Å². The van der Waals surface area contributed by atoms with E-state index in [-0.39, 0.29) is 12.0 Å². The fraction of sp³-hybridized carbons (Fsp3) is 0.227. The van der Waals surface area contributed by atoms with Gasteiger partial charge in [0.25, 0.3) is 0 Å². The lowest BCUT2D eigenvalue weighted by Gasteiger charge is -2.29. The quantitative estimate of drug-likeness (QED) is 0.333. The minimum atomic E-state index is -0.340. The molecule has 28 heavy (non-hydrogen) atoms. The zero-order valence-corrected chi connectivity index (χ0v) is 17.5. The minimum Gasteiger partial charge on any atom is -0.464 e. The Balaban J connectivity index is 1.62. The molecule has 0 unspecified atom stereocenters. The number of hydrogen-bond acceptors (Lipinski definition) is 3. The van der Waals surface area contributed by atoms with E-state index in [2.05, 4.69) is 43.7 Å². The third-order valence-electron chi connectivity index (χ3n) is 5.44. The van der Waals surface area contributed by atoms with E-state index in [4.69, 9.17) is 4.74 Å². The van der Waals surface area contributed by atoms with Gasteiger partial charge in [0.1, 0.15) is 11.6 Å². The van der Waals surface area contributed by atoms with Crippen LogP contribution in [0.15, 0.2) is 47.1 Å². The summed E-state index contributed by atoms with van der Waals surface area (Å²) in [6.45, 7) is 1.89. The van der Waals surface area contributed by atoms with E-state index >= 15 is 0 Å². The van der Waals surface area contributed by atoms with E-state index in [0.29, 0.717) is 17.2 Å². The van der Waals surface area contributed by atoms with Crippen LogP contribution in [0.25, 0.3) is 22.2 Å². The van der Waals surface area contributed by atoms with Crippen molar-refractivity contribution in [2.24, 2.45) is 0 Å². The average molecular weight is 455 g/mol. The number of thiazole rings is 1. The molecule has 1 saturated carbocycles. The predicted octanol–water partition coefficient (Wildman–Crippen LogP) is 6.79. The van der Waals surface area contributed by atoms with Gasteiger partial charge in [-0.15, -0.1) is 11.3 Å². The van der Waals surface area contributed by atoms with Crippen molar-refractivity contribution in [1.82, 2.24) is 9.55 Å². The maximum atomic E-state index is 15.0. The van der Waals surface area contributed by atoms with Gasteiger partial charge in [-0.05, 0) is 61.7 Å². The smallest absolute Gasteiger partial charge is 0.213 e. The second-order valence-electron chi connectivity index (χ2n) is 7.57. The average Bonchev–Trinajstić information content (AvgIpc) is 3.26. The highest BCUT2D eigenvalue weighted by molar-refractivity contribution is 9.10. The molecule has 0 saturated heterocycles. The van der Waals surface area contributed by atoms with Crippen LogP contribution < -0.4 is 4.74 Å². The van der Waals surface area contributed by atoms with Crippen LogP contribution in [0.2, 0.25) is 0 Å². The third-order valence-corrected chi connectivity index (χ3v) is 7.12. The molecule has 1 aliphatic heterocycles. The summed E-state index contributed by atoms with van der Waals surface area (Å²) >= 11 is 5.26. The van der Waals surface area contributed by atoms with Crippen LogP contribution in [-0.4, -0.2) is 9.55 Å². The molecular weight excluding hydrogens is 439 g/mol. The topological polar surface area (TPSA) is 27.1 Å². The van der Waals surface area contributed by atoms with Crippen LogP contribution in [0, 0.1) is 12.7 Å². The number of aryl methyl sites for hydroxylation is 1. The summed E-state index contributed by atoms with van der Waals surface area (Å²) in [4.78, 5) is 5.69. The Bertz CT molecular complexity index is 1260. The van der Waals surface area contributed by atoms with Crippen molar-refractivity contribution in [1.29, 1.82) is 0 Å². The molecule has 6 heteroatoms. The number of hydrogen-bond donors (Lipinski definition) is 0. The van der Waals surface area contributed by atoms with E-state index in [1.807, 2.05) is 25.3 Å². The van der Waals surface area contributed by atoms with Gasteiger partial charge in [0.2, 0.25) is 6.23 Å². The highest BCUT2D eigenvalue weighted by Gasteiger charge is 2.34. The first kappa shape index (κ1) is 16.7. The highest BCUT2D eigenvalue weighted by atomic mass is 79.9. The van der Waals surface area contributed by atoms with Gasteiger partial charge >= 0.3 is 0 Å². The zero-order chi connectivity index (χ0) is 19.0. The zero-order valence-electron chi connectivity index (χ0n) is 15.1. The summed E-state index contributed by atoms with van der Waals surface area (Å²) in [5.41, 5.74) is 3.25. The van der Waals surface area contributed by atoms with E-state index in [1.165, 1.54) is 17.8 Å². The number of benzene rings is 2. The molecule has 1 fully saturated rings. The van der Waals surface area contributed by atoms with Crippen molar-refractivity contribution in [2.75, 3.05) is 0 Å². The van der Waals surface area contributed by atoms with Crippen LogP contribution in [0.4, 0.5) is 4.39 Å². The Morgan fingerprint density at radius 2 is 2.07 bits per heavy atom. The standard InChI is InChI=1S/C22H16BrFN2OS/c1-11-6-15(24)20-17-9-13-8-14(23)4-5-16(13)26(17)22(27-18(20)7-11)19-10-25-21(28-19)12-2-3-12/h4-10,12,22H,2-3H2,1H3/t22-/m0/s1. The molecule has 3 nitrogen and oxygen atoms in total. The molecular formula is C22H16BrFN2OS. The molecule has 2 aliphatic rings. The SMILES string of the molecule is Cc1cc(F)c2c(c1)O[C@@H](c1cnc(C3CC3)s1)n1c-2cc2cc(Br)ccc21. The van der Waals surface area contributed by atoms with Crippen LogP contribution in [0.1, 0.15) is 40.4 Å². The molecule has 6 rings (SSSR count). The fourth-order valence-electron chi connectivity index (χ4n) is 4.00. The lowest BCUT2D eigenvalue weighted by Crippen LogP contribution is -2.22. The summed E-state index contributed by atoms with van der Waals surface area (Å²) in [7, 11) is 0. The second-order valence-corrected chi connectivity index (χ2v) is 9.58. The first-order chi connectivity index (χ1) is 13.6. The Labute approximate surface area is 173 Å². The van der Waals surface area contributed by atoms with E-state index in [9.17, 15) is 4.39 Å². The third kappa shape index (κ3) is 2.47. The lowest BCUT2D eigenvalue weighted by molar-refractivity contribution is 0.175. The van der Waals surface area contributed by atoms with Gasteiger partial charge in [-0.1, -0.05) is 15.9 Å². The van der Waals surface area contributed by atoms with Crippen molar-refractivity contribution in [3.63, 3.8) is 0 Å². The Morgan fingerprint density at radius 1 is 1.21 bits per heavy atom. The molecule has 2 aromatic carbocycles. The van der Waals surface area contributed by atoms with Crippen molar-refractivity contribution in [2.45, 2.75) is 31.9 Å². The van der Waals surface area contributed by atoms with Gasteiger partial charge in [0, 0.05) is 22.0 Å². The number of ether oxygens (including phenoxy) is 1. The Kier molecular flexibility index (Phi) is 3.53. The van der Waals surface area contributed by atoms with Crippen molar-refractivity contribution in [3.05, 3.63) is 68.3 Å². The van der Waals surface area contributed by atoms with Crippen LogP contribution in [0.5, 0.6) is 5.75 Å². The fourth-order valence-corrected chi connectivity index (χ4v) is 5.48. The van der Waals surface area contributed by atoms with Crippen molar-refractivity contribution >= 4 is 38.2 Å². The summed E-state index contributed by atoms with van der Waals surface area (Å²) in [5, 5.41) is 2.23. The van der Waals surface area contributed by atoms with Crippen LogP contribution in [0.3, 0.4) is 0 Å². The molecule has 0 N–H and O–H groups in total. The monoisotopic (exact) mass is 454 g/mol. The number of aromatic nitrogens is 2. The van der Waals surface area contributed by atoms with Gasteiger partial charge < -0.3 is 4.74 Å². The summed E-state index contributed by atoms with van der Waals surface area (Å²) < 4.78 is 24.5. The largest absolute Gasteiger partial charge is 0.464 e. The second kappa shape index (κ2) is 5.91. The van der Waals surface area contributed by atoms with Gasteiger partial charge in [0.05, 0.1) is 26.7 Å². The molecule has 0 radical (unpaired) electrons. The van der Waals surface area contributed by atoms with Gasteiger partial charge in [-0.3, -0.25) is 4.57 Å². The van der Waals surface area contributed by atoms with E-state index in [1.54, 1.807) is 17.4 Å². The number of rotatable bonds is 2. The number of nitrogens with zero attached hydrogens (tertiary/aromatic N) is 2. The molecule has 1 atom stereocenters. The maximum Gasteiger partial charge on any atom is 0.213 e. The summed E-state index contributed by atoms with van der Waals surface area (Å²) in [5.74, 6) is 0.948. The lowest BCUT2D eigenvalue weighted by atomic mass is 10.1. The molecule has 0 spiro atoms. The number of fused-ring (bicyclic) bond motifs is 5. The predicted molar refractivity (Wildman–Crippen MR) is 113 cm³/mol. The Hall–Kier alpha value is -2.18. The first-order valence-electron chi connectivity index (χ1n) is 9.32. The van der Waals surface area contributed by atoms with Crippen LogP contribution in [-0.2, 0) is 0 Å². The van der Waals surface area contributed by atoms with Crippen LogP contribution >= 0.6 is 27.3 Å². The molecule has 140 valence electrons. The molecule has 2 aromatic heterocycles. The molecule has 4 aromatic rings. The first-order valence-corrected chi connectivity index (χ1v) is 10.9. The van der Waals surface area contributed by atoms with Gasteiger partial charge in [-0.25, -0.2) is 9.37 Å². The maximum absolute atomic E-state index is 15.0. The normalized spacial score (nSPS) is 18.0. The molecule has 0 amide bonds. The highest BCUT2D eigenvalue weighted by Crippen LogP contribution is 2.48. The van der Waals surface area contributed by atoms with E-state index in [0.717, 1.165) is 31.5 Å². The Morgan fingerprint density at radius 3 is 2.89 bits per heavy atom. The van der Waals surface area contributed by atoms with Gasteiger partial charge in [-0.2, -0.15) is 0 Å².